The van der Waals surface area contributed by atoms with Crippen molar-refractivity contribution in [2.24, 2.45) is 11.7 Å². The molecule has 0 bridgehead atoms. The fourth-order valence-corrected chi connectivity index (χ4v) is 3.74. The van der Waals surface area contributed by atoms with Crippen LogP contribution in [0.4, 0.5) is 0 Å². The number of fused-ring (bicyclic) bond motifs is 1. The number of methoxy groups -OCH3 is 2. The first kappa shape index (κ1) is 14.7. The molecule has 0 aromatic heterocycles. The average Bonchev–Trinajstić information content (AvgIpc) is 2.90. The Labute approximate surface area is 127 Å². The van der Waals surface area contributed by atoms with Gasteiger partial charge in [-0.25, -0.2) is 0 Å². The summed E-state index contributed by atoms with van der Waals surface area (Å²) in [4.78, 5) is 2.57. The van der Waals surface area contributed by atoms with Crippen LogP contribution in [-0.4, -0.2) is 38.3 Å². The molecule has 0 spiro atoms. The van der Waals surface area contributed by atoms with E-state index in [0.717, 1.165) is 36.9 Å². The Hall–Kier alpha value is -1.26. The second-order valence-corrected chi connectivity index (χ2v) is 6.40. The van der Waals surface area contributed by atoms with Crippen LogP contribution in [0.3, 0.4) is 0 Å². The van der Waals surface area contributed by atoms with E-state index in [0.29, 0.717) is 6.04 Å². The lowest BCUT2D eigenvalue weighted by Gasteiger charge is -2.31. The minimum absolute atomic E-state index is 0.427. The highest BCUT2D eigenvalue weighted by molar-refractivity contribution is 5.48. The predicted octanol–water partition coefficient (Wildman–Crippen LogP) is 2.19. The molecule has 0 amide bonds. The van der Waals surface area contributed by atoms with Gasteiger partial charge in [0.2, 0.25) is 0 Å². The molecule has 1 aromatic carbocycles. The zero-order chi connectivity index (χ0) is 14.8. The number of nitrogens with two attached hydrogens (primary N) is 1. The van der Waals surface area contributed by atoms with Gasteiger partial charge in [-0.3, -0.25) is 4.90 Å². The highest BCUT2D eigenvalue weighted by atomic mass is 16.5. The van der Waals surface area contributed by atoms with Gasteiger partial charge in [-0.2, -0.15) is 0 Å². The van der Waals surface area contributed by atoms with E-state index in [1.54, 1.807) is 14.2 Å². The Bertz CT molecular complexity index is 504. The number of nitrogens with zero attached hydrogens (tertiary/aromatic N) is 1. The molecule has 1 saturated carbocycles. The maximum absolute atomic E-state index is 6.03. The van der Waals surface area contributed by atoms with Gasteiger partial charge in [0.25, 0.3) is 0 Å². The normalized spacial score (nSPS) is 25.7. The van der Waals surface area contributed by atoms with E-state index < -0.39 is 0 Å². The number of benzene rings is 1. The van der Waals surface area contributed by atoms with Crippen LogP contribution in [0.25, 0.3) is 0 Å². The molecule has 4 heteroatoms. The average molecular weight is 290 g/mol. The first-order valence-corrected chi connectivity index (χ1v) is 7.91. The number of rotatable bonds is 4. The highest BCUT2D eigenvalue weighted by Gasteiger charge is 2.26. The molecule has 2 N–H and O–H groups in total. The number of ether oxygens (including phenoxy) is 2. The molecular formula is C17H26N2O2. The van der Waals surface area contributed by atoms with Crippen LogP contribution in [0, 0.1) is 5.92 Å². The number of hydrogen-bond acceptors (Lipinski definition) is 4. The van der Waals surface area contributed by atoms with Crippen molar-refractivity contribution in [1.82, 2.24) is 4.90 Å². The zero-order valence-electron chi connectivity index (χ0n) is 13.1. The lowest BCUT2D eigenvalue weighted by Crippen LogP contribution is -2.34. The summed E-state index contributed by atoms with van der Waals surface area (Å²) in [7, 11) is 3.40. The molecule has 116 valence electrons. The largest absolute Gasteiger partial charge is 0.493 e. The first-order valence-electron chi connectivity index (χ1n) is 7.91. The highest BCUT2D eigenvalue weighted by Crippen LogP contribution is 2.34. The van der Waals surface area contributed by atoms with Gasteiger partial charge in [0.05, 0.1) is 14.2 Å². The van der Waals surface area contributed by atoms with Gasteiger partial charge in [0.15, 0.2) is 11.5 Å². The van der Waals surface area contributed by atoms with Gasteiger partial charge in [0.1, 0.15) is 0 Å². The van der Waals surface area contributed by atoms with Crippen molar-refractivity contribution in [3.8, 4) is 11.5 Å². The molecule has 4 nitrogen and oxygen atoms in total. The van der Waals surface area contributed by atoms with Crippen LogP contribution >= 0.6 is 0 Å². The molecular weight excluding hydrogens is 264 g/mol. The maximum atomic E-state index is 6.03. The zero-order valence-corrected chi connectivity index (χ0v) is 13.1. The molecule has 2 atom stereocenters. The summed E-state index contributed by atoms with van der Waals surface area (Å²) >= 11 is 0. The van der Waals surface area contributed by atoms with E-state index in [1.807, 2.05) is 0 Å². The fourth-order valence-electron chi connectivity index (χ4n) is 3.74. The standard InChI is InChI=1S/C17H26N2O2/c1-20-16-8-13-5-6-19(10-12-3-4-15(18)7-12)11-14(13)9-17(16)21-2/h8-9,12,15H,3-7,10-11,18H2,1-2H3. The van der Waals surface area contributed by atoms with Crippen molar-refractivity contribution in [2.45, 2.75) is 38.3 Å². The van der Waals surface area contributed by atoms with E-state index >= 15 is 0 Å². The second-order valence-electron chi connectivity index (χ2n) is 6.40. The lowest BCUT2D eigenvalue weighted by atomic mass is 9.97. The SMILES string of the molecule is COc1cc2c(cc1OC)CN(CC1CCC(N)C1)CC2. The molecule has 0 saturated heterocycles. The predicted molar refractivity (Wildman–Crippen MR) is 83.8 cm³/mol. The molecule has 1 aliphatic carbocycles. The molecule has 2 aliphatic rings. The van der Waals surface area contributed by atoms with Gasteiger partial charge >= 0.3 is 0 Å². The van der Waals surface area contributed by atoms with E-state index in [2.05, 4.69) is 17.0 Å². The Kier molecular flexibility index (Phi) is 4.36. The summed E-state index contributed by atoms with van der Waals surface area (Å²) in [5, 5.41) is 0. The van der Waals surface area contributed by atoms with Crippen molar-refractivity contribution < 1.29 is 9.47 Å². The van der Waals surface area contributed by atoms with Crippen molar-refractivity contribution in [3.05, 3.63) is 23.3 Å². The topological polar surface area (TPSA) is 47.7 Å². The Balaban J connectivity index is 1.69. The van der Waals surface area contributed by atoms with Crippen LogP contribution in [0.1, 0.15) is 30.4 Å². The summed E-state index contributed by atoms with van der Waals surface area (Å²) in [6, 6.07) is 4.70. The lowest BCUT2D eigenvalue weighted by molar-refractivity contribution is 0.213. The molecule has 1 fully saturated rings. The molecule has 1 aromatic rings. The van der Waals surface area contributed by atoms with Crippen molar-refractivity contribution in [2.75, 3.05) is 27.3 Å². The summed E-state index contributed by atoms with van der Waals surface area (Å²) in [5.41, 5.74) is 8.80. The molecule has 2 unspecified atom stereocenters. The third kappa shape index (κ3) is 3.16. The monoisotopic (exact) mass is 290 g/mol. The molecule has 1 aliphatic heterocycles. The quantitative estimate of drug-likeness (QED) is 0.923. The van der Waals surface area contributed by atoms with E-state index in [9.17, 15) is 0 Å². The molecule has 3 rings (SSSR count). The van der Waals surface area contributed by atoms with Crippen LogP contribution in [0.5, 0.6) is 11.5 Å². The van der Waals surface area contributed by atoms with Gasteiger partial charge in [-0.05, 0) is 54.9 Å². The van der Waals surface area contributed by atoms with Crippen LogP contribution in [0.2, 0.25) is 0 Å². The Morgan fingerprint density at radius 3 is 2.48 bits per heavy atom. The molecule has 21 heavy (non-hydrogen) atoms. The van der Waals surface area contributed by atoms with E-state index in [4.69, 9.17) is 15.2 Å². The molecule has 1 heterocycles. The van der Waals surface area contributed by atoms with Crippen molar-refractivity contribution in [1.29, 1.82) is 0 Å². The van der Waals surface area contributed by atoms with E-state index in [1.165, 1.54) is 36.9 Å². The Morgan fingerprint density at radius 1 is 1.14 bits per heavy atom. The summed E-state index contributed by atoms with van der Waals surface area (Å²) in [6.45, 7) is 3.33. The van der Waals surface area contributed by atoms with Crippen LogP contribution in [-0.2, 0) is 13.0 Å². The minimum Gasteiger partial charge on any atom is -0.493 e. The fraction of sp³-hybridized carbons (Fsp3) is 0.647. The third-order valence-electron chi connectivity index (χ3n) is 4.90. The van der Waals surface area contributed by atoms with Gasteiger partial charge in [-0.15, -0.1) is 0 Å². The van der Waals surface area contributed by atoms with Gasteiger partial charge in [-0.1, -0.05) is 0 Å². The maximum Gasteiger partial charge on any atom is 0.161 e. The van der Waals surface area contributed by atoms with E-state index in [-0.39, 0.29) is 0 Å². The third-order valence-corrected chi connectivity index (χ3v) is 4.90. The van der Waals surface area contributed by atoms with Crippen molar-refractivity contribution >= 4 is 0 Å². The minimum atomic E-state index is 0.427. The number of hydrogen-bond donors (Lipinski definition) is 1. The van der Waals surface area contributed by atoms with Gasteiger partial charge in [0, 0.05) is 25.7 Å². The smallest absolute Gasteiger partial charge is 0.161 e. The van der Waals surface area contributed by atoms with Gasteiger partial charge < -0.3 is 15.2 Å². The summed E-state index contributed by atoms with van der Waals surface area (Å²) in [6.07, 6.45) is 4.76. The molecule has 0 radical (unpaired) electrons. The van der Waals surface area contributed by atoms with Crippen molar-refractivity contribution in [3.63, 3.8) is 0 Å². The van der Waals surface area contributed by atoms with Crippen LogP contribution in [0.15, 0.2) is 12.1 Å². The first-order chi connectivity index (χ1) is 10.2. The second kappa shape index (κ2) is 6.24. The Morgan fingerprint density at radius 2 is 1.86 bits per heavy atom. The summed E-state index contributed by atoms with van der Waals surface area (Å²) in [5.74, 6) is 2.45. The van der Waals surface area contributed by atoms with Crippen LogP contribution < -0.4 is 15.2 Å². The summed E-state index contributed by atoms with van der Waals surface area (Å²) < 4.78 is 10.8.